The van der Waals surface area contributed by atoms with E-state index in [1.54, 1.807) is 45.7 Å². The van der Waals surface area contributed by atoms with Crippen LogP contribution in [0.25, 0.3) is 0 Å². The molecule has 0 aromatic heterocycles. The maximum Gasteiger partial charge on any atom is 0.322 e. The molecule has 6 nitrogen and oxygen atoms in total. The Kier molecular flexibility index (Phi) is 5.88. The minimum atomic E-state index is -4.19. The smallest absolute Gasteiger partial charge is 0.322 e. The van der Waals surface area contributed by atoms with Gasteiger partial charge in [0, 0.05) is 18.0 Å². The predicted molar refractivity (Wildman–Crippen MR) is 114 cm³/mol. The van der Waals surface area contributed by atoms with Crippen LogP contribution in [-0.2, 0) is 14.8 Å². The molecule has 1 aliphatic rings. The fourth-order valence-corrected chi connectivity index (χ4v) is 6.33. The summed E-state index contributed by atoms with van der Waals surface area (Å²) >= 11 is 6.04. The third kappa shape index (κ3) is 3.46. The summed E-state index contributed by atoms with van der Waals surface area (Å²) in [6, 6.07) is 5.74. The molecule has 9 heteroatoms. The van der Waals surface area contributed by atoms with Gasteiger partial charge in [0.1, 0.15) is 16.8 Å². The fraction of sp³-hybridized carbons (Fsp3) is 0.381. The van der Waals surface area contributed by atoms with E-state index in [4.69, 9.17) is 11.6 Å². The van der Waals surface area contributed by atoms with Crippen LogP contribution >= 0.6 is 11.6 Å². The highest BCUT2D eigenvalue weighted by Gasteiger charge is 2.48. The number of aliphatic carboxylic acids is 1. The van der Waals surface area contributed by atoms with E-state index < -0.39 is 39.9 Å². The zero-order valence-corrected chi connectivity index (χ0v) is 18.9. The molecule has 162 valence electrons. The molecule has 1 heterocycles. The minimum Gasteiger partial charge on any atom is -0.480 e. The molecule has 0 radical (unpaired) electrons. The lowest BCUT2D eigenvalue weighted by Gasteiger charge is -2.45. The lowest BCUT2D eigenvalue weighted by Crippen LogP contribution is -2.59. The minimum absolute atomic E-state index is 0.0348. The zero-order valence-electron chi connectivity index (χ0n) is 17.3. The van der Waals surface area contributed by atoms with Crippen LogP contribution in [0.3, 0.4) is 0 Å². The van der Waals surface area contributed by atoms with Crippen LogP contribution in [0, 0.1) is 19.7 Å². The van der Waals surface area contributed by atoms with E-state index in [0.29, 0.717) is 16.3 Å². The normalized spacial score (nSPS) is 20.5. The quantitative estimate of drug-likeness (QED) is 0.751. The van der Waals surface area contributed by atoms with Crippen molar-refractivity contribution < 1.29 is 22.7 Å². The molecular formula is C21H24ClFN2O4S. The Bertz CT molecular complexity index is 1120. The van der Waals surface area contributed by atoms with Crippen LogP contribution in [-0.4, -0.2) is 43.1 Å². The van der Waals surface area contributed by atoms with Gasteiger partial charge >= 0.3 is 5.97 Å². The number of hydrogen-bond acceptors (Lipinski definition) is 4. The molecule has 0 fully saturated rings. The lowest BCUT2D eigenvalue weighted by atomic mass is 9.87. The SMILES string of the molecule is Cc1ccc(F)c(C(C)[C@@H](C(=O)O)N2C(C)N(C)c3cc(Cl)ccc3S2(=O)=O)c1C. The lowest BCUT2D eigenvalue weighted by molar-refractivity contribution is -0.142. The van der Waals surface area contributed by atoms with Crippen LogP contribution in [0.1, 0.15) is 36.5 Å². The highest BCUT2D eigenvalue weighted by atomic mass is 35.5. The summed E-state index contributed by atoms with van der Waals surface area (Å²) in [7, 11) is -2.51. The molecule has 0 amide bonds. The number of carboxylic acids is 1. The van der Waals surface area contributed by atoms with Crippen LogP contribution < -0.4 is 4.90 Å². The van der Waals surface area contributed by atoms with Crippen LogP contribution in [0.15, 0.2) is 35.2 Å². The number of anilines is 1. The van der Waals surface area contributed by atoms with Gasteiger partial charge in [0.15, 0.2) is 0 Å². The van der Waals surface area contributed by atoms with E-state index in [0.717, 1.165) is 9.87 Å². The fourth-order valence-electron chi connectivity index (χ4n) is 4.12. The summed E-state index contributed by atoms with van der Waals surface area (Å²) in [5.74, 6) is -2.83. The number of carboxylic acid groups (broad SMARTS) is 1. The number of sulfonamides is 1. The van der Waals surface area contributed by atoms with Crippen LogP contribution in [0.4, 0.5) is 10.1 Å². The average Bonchev–Trinajstić information content (AvgIpc) is 2.66. The highest BCUT2D eigenvalue weighted by molar-refractivity contribution is 7.89. The zero-order chi connectivity index (χ0) is 22.5. The predicted octanol–water partition coefficient (Wildman–Crippen LogP) is 4.14. The van der Waals surface area contributed by atoms with Gasteiger partial charge in [-0.3, -0.25) is 4.79 Å². The monoisotopic (exact) mass is 454 g/mol. The summed E-state index contributed by atoms with van der Waals surface area (Å²) in [5.41, 5.74) is 2.00. The maximum atomic E-state index is 14.7. The largest absolute Gasteiger partial charge is 0.480 e. The van der Waals surface area contributed by atoms with Gasteiger partial charge in [-0.1, -0.05) is 24.6 Å². The van der Waals surface area contributed by atoms with E-state index in [1.165, 1.54) is 24.3 Å². The van der Waals surface area contributed by atoms with Crippen molar-refractivity contribution in [3.8, 4) is 0 Å². The molecule has 0 aliphatic carbocycles. The third-order valence-corrected chi connectivity index (χ3v) is 8.20. The number of nitrogens with zero attached hydrogens (tertiary/aromatic N) is 2. The number of halogens is 2. The Morgan fingerprint density at radius 3 is 2.47 bits per heavy atom. The summed E-state index contributed by atoms with van der Waals surface area (Å²) in [4.78, 5) is 14.0. The Hall–Kier alpha value is -2.16. The van der Waals surface area contributed by atoms with Crippen molar-refractivity contribution in [3.63, 3.8) is 0 Å². The summed E-state index contributed by atoms with van der Waals surface area (Å²) in [5, 5.41) is 10.4. The highest BCUT2D eigenvalue weighted by Crippen LogP contribution is 2.41. The first-order valence-corrected chi connectivity index (χ1v) is 11.3. The number of carbonyl (C=O) groups is 1. The molecule has 0 saturated carbocycles. The first kappa shape index (κ1) is 22.5. The number of benzene rings is 2. The third-order valence-electron chi connectivity index (χ3n) is 5.97. The molecule has 2 unspecified atom stereocenters. The van der Waals surface area contributed by atoms with Crippen molar-refractivity contribution in [2.45, 2.75) is 50.7 Å². The second-order valence-electron chi connectivity index (χ2n) is 7.66. The molecule has 2 aromatic rings. The Labute approximate surface area is 180 Å². The van der Waals surface area contributed by atoms with Crippen molar-refractivity contribution in [2.24, 2.45) is 0 Å². The Morgan fingerprint density at radius 1 is 1.23 bits per heavy atom. The molecule has 30 heavy (non-hydrogen) atoms. The van der Waals surface area contributed by atoms with Crippen molar-refractivity contribution in [2.75, 3.05) is 11.9 Å². The molecule has 3 rings (SSSR count). The van der Waals surface area contributed by atoms with E-state index in [9.17, 15) is 22.7 Å². The van der Waals surface area contributed by atoms with Crippen molar-refractivity contribution in [1.82, 2.24) is 4.31 Å². The number of rotatable bonds is 4. The molecule has 1 N–H and O–H groups in total. The number of aryl methyl sites for hydroxylation is 1. The van der Waals surface area contributed by atoms with E-state index >= 15 is 0 Å². The second-order valence-corrected chi connectivity index (χ2v) is 9.91. The van der Waals surface area contributed by atoms with Crippen molar-refractivity contribution >= 4 is 33.3 Å². The first-order valence-electron chi connectivity index (χ1n) is 9.44. The molecule has 1 aliphatic heterocycles. The molecule has 0 spiro atoms. The molecule has 2 aromatic carbocycles. The Balaban J connectivity index is 2.21. The van der Waals surface area contributed by atoms with Gasteiger partial charge in [-0.15, -0.1) is 0 Å². The summed E-state index contributed by atoms with van der Waals surface area (Å²) < 4.78 is 42.7. The topological polar surface area (TPSA) is 77.9 Å². The summed E-state index contributed by atoms with van der Waals surface area (Å²) in [6.45, 7) is 6.66. The average molecular weight is 455 g/mol. The van der Waals surface area contributed by atoms with E-state index in [1.807, 2.05) is 0 Å². The molecule has 3 atom stereocenters. The molecule has 0 bridgehead atoms. The van der Waals surface area contributed by atoms with E-state index in [2.05, 4.69) is 0 Å². The van der Waals surface area contributed by atoms with Crippen LogP contribution in [0.2, 0.25) is 5.02 Å². The standard InChI is InChI=1S/C21H24ClFN2O4S/c1-11-6-8-16(23)19(12(11)2)13(3)20(21(26)27)25-14(4)24(5)17-10-15(22)7-9-18(17)30(25,28)29/h6-10,13-14,20H,1-5H3,(H,26,27)/t13?,14?,20-/m0/s1. The van der Waals surface area contributed by atoms with Gasteiger partial charge in [0.2, 0.25) is 10.0 Å². The Morgan fingerprint density at radius 2 is 1.87 bits per heavy atom. The molecular weight excluding hydrogens is 431 g/mol. The van der Waals surface area contributed by atoms with Gasteiger partial charge in [0.25, 0.3) is 0 Å². The van der Waals surface area contributed by atoms with Crippen molar-refractivity contribution in [3.05, 3.63) is 57.9 Å². The molecule has 0 saturated heterocycles. The van der Waals surface area contributed by atoms with Gasteiger partial charge in [-0.2, -0.15) is 4.31 Å². The van der Waals surface area contributed by atoms with Gasteiger partial charge in [0.05, 0.1) is 11.9 Å². The van der Waals surface area contributed by atoms with Gasteiger partial charge < -0.3 is 10.0 Å². The van der Waals surface area contributed by atoms with Gasteiger partial charge in [-0.25, -0.2) is 12.8 Å². The second kappa shape index (κ2) is 7.83. The van der Waals surface area contributed by atoms with Crippen LogP contribution in [0.5, 0.6) is 0 Å². The van der Waals surface area contributed by atoms with Gasteiger partial charge in [-0.05, 0) is 61.7 Å². The maximum absolute atomic E-state index is 14.7. The van der Waals surface area contributed by atoms with E-state index in [-0.39, 0.29) is 10.5 Å². The number of hydrogen-bond donors (Lipinski definition) is 1. The first-order chi connectivity index (χ1) is 13.9. The number of fused-ring (bicyclic) bond motifs is 1. The van der Waals surface area contributed by atoms with Crippen molar-refractivity contribution in [1.29, 1.82) is 0 Å². The summed E-state index contributed by atoms with van der Waals surface area (Å²) in [6.07, 6.45) is -0.822.